The number of nitrogens with two attached hydrogens (primary N) is 2. The number of rotatable bonds is 2. The van der Waals surface area contributed by atoms with Gasteiger partial charge in [-0.25, -0.2) is 4.98 Å². The number of hydrogen-bond acceptors (Lipinski definition) is 7. The predicted octanol–water partition coefficient (Wildman–Crippen LogP) is 2.31. The Labute approximate surface area is 173 Å². The van der Waals surface area contributed by atoms with E-state index in [9.17, 15) is 23.1 Å². The van der Waals surface area contributed by atoms with E-state index in [2.05, 4.69) is 14.9 Å². The Hall–Kier alpha value is -2.66. The molecule has 2 aliphatic rings. The third kappa shape index (κ3) is 3.41. The van der Waals surface area contributed by atoms with E-state index in [1.165, 1.54) is 0 Å². The van der Waals surface area contributed by atoms with Gasteiger partial charge in [-0.15, -0.1) is 0 Å². The Morgan fingerprint density at radius 2 is 1.93 bits per heavy atom. The van der Waals surface area contributed by atoms with Crippen molar-refractivity contribution in [3.8, 4) is 0 Å². The van der Waals surface area contributed by atoms with Crippen LogP contribution in [0.3, 0.4) is 0 Å². The summed E-state index contributed by atoms with van der Waals surface area (Å²) in [5.74, 6) is -2.23. The van der Waals surface area contributed by atoms with Gasteiger partial charge in [0, 0.05) is 24.7 Å². The van der Waals surface area contributed by atoms with Crippen molar-refractivity contribution in [2.24, 2.45) is 22.4 Å². The van der Waals surface area contributed by atoms with Crippen molar-refractivity contribution in [1.82, 2.24) is 4.98 Å². The first-order chi connectivity index (χ1) is 14.1. The fourth-order valence-corrected chi connectivity index (χ4v) is 4.98. The van der Waals surface area contributed by atoms with Gasteiger partial charge in [-0.1, -0.05) is 23.5 Å². The molecule has 30 heavy (non-hydrogen) atoms. The molecule has 0 aliphatic carbocycles. The molecule has 11 heteroatoms. The standard InChI is InChI=1S/C19H20F3N5O2S/c20-19(21,22)18(29)9-13(28)26-16(24)14(18)15(23)10-5-7-27(8-6-10)17-25-11-3-1-2-4-12(11)30-17/h1-4,10,29H,5-9,23H2,(H2,24,26,28). The summed E-state index contributed by atoms with van der Waals surface area (Å²) in [6.45, 7) is 1.08. The molecular formula is C19H20F3N5O2S. The first kappa shape index (κ1) is 20.6. The van der Waals surface area contributed by atoms with E-state index in [-0.39, 0.29) is 5.70 Å². The molecule has 7 nitrogen and oxygen atoms in total. The second-order valence-electron chi connectivity index (χ2n) is 7.48. The number of thiazole rings is 1. The Morgan fingerprint density at radius 1 is 1.27 bits per heavy atom. The number of alkyl halides is 3. The summed E-state index contributed by atoms with van der Waals surface area (Å²) < 4.78 is 41.9. The molecule has 4 rings (SSSR count). The van der Waals surface area contributed by atoms with Crippen molar-refractivity contribution in [2.75, 3.05) is 18.0 Å². The van der Waals surface area contributed by atoms with Gasteiger partial charge < -0.3 is 21.5 Å². The van der Waals surface area contributed by atoms with E-state index in [0.717, 1.165) is 15.3 Å². The summed E-state index contributed by atoms with van der Waals surface area (Å²) in [5.41, 5.74) is 8.34. The number of benzene rings is 1. The molecular weight excluding hydrogens is 419 g/mol. The number of amides is 1. The zero-order chi connectivity index (χ0) is 21.7. The van der Waals surface area contributed by atoms with Crippen LogP contribution in [0, 0.1) is 5.92 Å². The average molecular weight is 439 g/mol. The highest BCUT2D eigenvalue weighted by Gasteiger charge is 2.60. The molecule has 160 valence electrons. The number of aliphatic hydroxyl groups is 1. The first-order valence-electron chi connectivity index (χ1n) is 9.37. The normalized spacial score (nSPS) is 25.5. The lowest BCUT2D eigenvalue weighted by atomic mass is 9.80. The number of halogens is 3. The summed E-state index contributed by atoms with van der Waals surface area (Å²) in [5, 5.41) is 11.2. The Balaban J connectivity index is 1.59. The van der Waals surface area contributed by atoms with Gasteiger partial charge in [-0.05, 0) is 25.0 Å². The molecule has 0 saturated carbocycles. The minimum Gasteiger partial charge on any atom is -0.401 e. The maximum absolute atomic E-state index is 13.6. The third-order valence-corrected chi connectivity index (χ3v) is 6.66. The van der Waals surface area contributed by atoms with Crippen LogP contribution < -0.4 is 16.4 Å². The number of anilines is 1. The summed E-state index contributed by atoms with van der Waals surface area (Å²) in [6.07, 6.45) is -5.41. The van der Waals surface area contributed by atoms with E-state index in [4.69, 9.17) is 11.5 Å². The molecule has 1 atom stereocenters. The largest absolute Gasteiger partial charge is 0.422 e. The van der Waals surface area contributed by atoms with Crippen molar-refractivity contribution >= 4 is 38.4 Å². The van der Waals surface area contributed by atoms with Crippen molar-refractivity contribution in [3.05, 3.63) is 35.5 Å². The molecule has 1 fully saturated rings. The molecule has 1 aromatic heterocycles. The van der Waals surface area contributed by atoms with Crippen LogP contribution in [0.15, 0.2) is 40.5 Å². The van der Waals surface area contributed by atoms with Crippen molar-refractivity contribution in [2.45, 2.75) is 31.0 Å². The second kappa shape index (κ2) is 7.24. The van der Waals surface area contributed by atoms with Crippen LogP contribution in [-0.4, -0.2) is 46.7 Å². The second-order valence-corrected chi connectivity index (χ2v) is 8.49. The van der Waals surface area contributed by atoms with Crippen molar-refractivity contribution in [1.29, 1.82) is 0 Å². The number of hydrogen-bond donors (Lipinski definition) is 3. The summed E-state index contributed by atoms with van der Waals surface area (Å²) >= 11 is 1.55. The van der Waals surface area contributed by atoms with Gasteiger partial charge in [0.1, 0.15) is 5.84 Å². The fraction of sp³-hybridized carbons (Fsp3) is 0.421. The fourth-order valence-electron chi connectivity index (χ4n) is 3.96. The molecule has 3 heterocycles. The summed E-state index contributed by atoms with van der Waals surface area (Å²) in [6, 6.07) is 7.75. The Kier molecular flexibility index (Phi) is 4.97. The number of fused-ring (bicyclic) bond motifs is 1. The van der Waals surface area contributed by atoms with E-state index >= 15 is 0 Å². The number of carbonyl (C=O) groups excluding carboxylic acids is 1. The lowest BCUT2D eigenvalue weighted by Crippen LogP contribution is -2.55. The highest BCUT2D eigenvalue weighted by atomic mass is 32.1. The predicted molar refractivity (Wildman–Crippen MR) is 108 cm³/mol. The zero-order valence-electron chi connectivity index (χ0n) is 15.8. The number of allylic oxidation sites excluding steroid dienone is 1. The smallest absolute Gasteiger partial charge is 0.401 e. The van der Waals surface area contributed by atoms with Gasteiger partial charge in [0.25, 0.3) is 5.91 Å². The number of aliphatic imine (C=N–C) groups is 1. The van der Waals surface area contributed by atoms with Gasteiger partial charge in [0.2, 0.25) is 0 Å². The van der Waals surface area contributed by atoms with E-state index in [1.54, 1.807) is 11.3 Å². The minimum absolute atomic E-state index is 0.160. The summed E-state index contributed by atoms with van der Waals surface area (Å²) in [4.78, 5) is 21.6. The lowest BCUT2D eigenvalue weighted by molar-refractivity contribution is -0.244. The number of carbonyl (C=O) groups is 1. The molecule has 2 aliphatic heterocycles. The van der Waals surface area contributed by atoms with Crippen molar-refractivity contribution in [3.63, 3.8) is 0 Å². The number of piperidine rings is 1. The van der Waals surface area contributed by atoms with Crippen LogP contribution in [-0.2, 0) is 4.79 Å². The van der Waals surface area contributed by atoms with Crippen LogP contribution in [0.5, 0.6) is 0 Å². The molecule has 1 aromatic carbocycles. The molecule has 1 unspecified atom stereocenters. The van der Waals surface area contributed by atoms with Crippen LogP contribution >= 0.6 is 11.3 Å². The van der Waals surface area contributed by atoms with E-state index in [0.29, 0.717) is 25.9 Å². The molecule has 0 spiro atoms. The maximum atomic E-state index is 13.6. The minimum atomic E-state index is -5.11. The lowest BCUT2D eigenvalue weighted by Gasteiger charge is -2.38. The van der Waals surface area contributed by atoms with Crippen LogP contribution in [0.1, 0.15) is 19.3 Å². The number of para-hydroxylation sites is 1. The van der Waals surface area contributed by atoms with E-state index in [1.807, 2.05) is 24.3 Å². The van der Waals surface area contributed by atoms with Crippen LogP contribution in [0.25, 0.3) is 10.2 Å². The average Bonchev–Trinajstić information content (AvgIpc) is 3.10. The molecule has 2 aromatic rings. The highest BCUT2D eigenvalue weighted by molar-refractivity contribution is 7.22. The first-order valence-corrected chi connectivity index (χ1v) is 10.2. The monoisotopic (exact) mass is 439 g/mol. The van der Waals surface area contributed by atoms with Crippen LogP contribution in [0.4, 0.5) is 18.3 Å². The molecule has 1 amide bonds. The third-order valence-electron chi connectivity index (χ3n) is 5.57. The van der Waals surface area contributed by atoms with E-state index < -0.39 is 41.4 Å². The maximum Gasteiger partial charge on any atom is 0.422 e. The van der Waals surface area contributed by atoms with Gasteiger partial charge in [0.05, 0.1) is 22.2 Å². The number of amidine groups is 1. The SMILES string of the molecule is NC1=NC(=O)CC(O)(C(F)(F)F)C1=C(N)C1CCN(c2nc3ccccc3s2)CC1. The van der Waals surface area contributed by atoms with Gasteiger partial charge in [0.15, 0.2) is 10.7 Å². The summed E-state index contributed by atoms with van der Waals surface area (Å²) in [7, 11) is 0. The number of aromatic nitrogens is 1. The highest BCUT2D eigenvalue weighted by Crippen LogP contribution is 2.43. The van der Waals surface area contributed by atoms with Crippen molar-refractivity contribution < 1.29 is 23.1 Å². The molecule has 5 N–H and O–H groups in total. The number of nitrogens with zero attached hydrogens (tertiary/aromatic N) is 3. The topological polar surface area (TPSA) is 118 Å². The molecule has 0 radical (unpaired) electrons. The quantitative estimate of drug-likeness (QED) is 0.661. The zero-order valence-corrected chi connectivity index (χ0v) is 16.6. The molecule has 0 bridgehead atoms. The Morgan fingerprint density at radius 3 is 2.57 bits per heavy atom. The Bertz CT molecular complexity index is 1020. The van der Waals surface area contributed by atoms with Gasteiger partial charge in [-0.2, -0.15) is 18.2 Å². The van der Waals surface area contributed by atoms with Gasteiger partial charge >= 0.3 is 6.18 Å². The van der Waals surface area contributed by atoms with Gasteiger partial charge in [-0.3, -0.25) is 4.79 Å². The van der Waals surface area contributed by atoms with Crippen LogP contribution in [0.2, 0.25) is 0 Å². The molecule has 1 saturated heterocycles.